The Morgan fingerprint density at radius 1 is 0.500 bits per heavy atom. The van der Waals surface area contributed by atoms with Crippen molar-refractivity contribution < 1.29 is 102 Å². The number of hydrogen-bond donors (Lipinski definition) is 0. The standard InChI is InChI=1S/C15H7F21O2/c1-3-38-5(37)4(2)6(16,17)7(18,19)8(20,21)9(22,23)10(24,25)11(26,27)12(28,29)13(30,31)14(32,33)15(34,35)36/h2-3H2,1H3. The maximum Gasteiger partial charge on any atom is 0.460 e. The van der Waals surface area contributed by atoms with E-state index in [9.17, 15) is 97.0 Å². The second-order valence-electron chi connectivity index (χ2n) is 6.87. The first kappa shape index (κ1) is 35.7. The van der Waals surface area contributed by atoms with E-state index in [0.29, 0.717) is 6.92 Å². The largest absolute Gasteiger partial charge is 0.462 e. The van der Waals surface area contributed by atoms with Crippen LogP contribution in [-0.4, -0.2) is 72.1 Å². The summed E-state index contributed by atoms with van der Waals surface area (Å²) in [5.41, 5.74) is -3.27. The van der Waals surface area contributed by atoms with Gasteiger partial charge in [-0.3, -0.25) is 0 Å². The zero-order valence-electron chi connectivity index (χ0n) is 17.2. The van der Waals surface area contributed by atoms with Crippen LogP contribution in [0.3, 0.4) is 0 Å². The average molecular weight is 618 g/mol. The lowest BCUT2D eigenvalue weighted by molar-refractivity contribution is -0.473. The molecule has 0 heterocycles. The van der Waals surface area contributed by atoms with Gasteiger partial charge in [0.25, 0.3) is 0 Å². The summed E-state index contributed by atoms with van der Waals surface area (Å²) in [7, 11) is 0. The normalized spacial score (nSPS) is 15.9. The minimum absolute atomic E-state index is 0.713. The lowest BCUT2D eigenvalue weighted by Crippen LogP contribution is -2.77. The smallest absolute Gasteiger partial charge is 0.460 e. The van der Waals surface area contributed by atoms with Crippen LogP contribution in [0.5, 0.6) is 0 Å². The topological polar surface area (TPSA) is 26.3 Å². The second kappa shape index (κ2) is 9.15. The highest BCUT2D eigenvalue weighted by Crippen LogP contribution is 2.66. The van der Waals surface area contributed by atoms with E-state index in [1.807, 2.05) is 0 Å². The molecule has 38 heavy (non-hydrogen) atoms. The van der Waals surface area contributed by atoms with Crippen molar-refractivity contribution in [3.63, 3.8) is 0 Å². The molecule has 0 radical (unpaired) electrons. The van der Waals surface area contributed by atoms with Crippen molar-refractivity contribution in [2.24, 2.45) is 0 Å². The lowest BCUT2D eigenvalue weighted by atomic mass is 9.85. The van der Waals surface area contributed by atoms with Crippen LogP contribution in [0, 0.1) is 0 Å². The van der Waals surface area contributed by atoms with Crippen molar-refractivity contribution in [2.75, 3.05) is 6.61 Å². The zero-order valence-corrected chi connectivity index (χ0v) is 17.2. The van der Waals surface area contributed by atoms with Gasteiger partial charge in [-0.25, -0.2) is 4.79 Å². The highest BCUT2D eigenvalue weighted by molar-refractivity contribution is 5.89. The predicted molar refractivity (Wildman–Crippen MR) is 76.4 cm³/mol. The van der Waals surface area contributed by atoms with Gasteiger partial charge < -0.3 is 4.74 Å². The minimum atomic E-state index is -9.26. The second-order valence-corrected chi connectivity index (χ2v) is 6.87. The maximum absolute atomic E-state index is 13.7. The number of halogens is 21. The molecular formula is C15H7F21O2. The van der Waals surface area contributed by atoms with Crippen LogP contribution in [0.2, 0.25) is 0 Å². The molecule has 226 valence electrons. The van der Waals surface area contributed by atoms with E-state index in [4.69, 9.17) is 0 Å². The van der Waals surface area contributed by atoms with E-state index in [1.54, 1.807) is 6.58 Å². The van der Waals surface area contributed by atoms with Crippen LogP contribution in [0.1, 0.15) is 6.92 Å². The number of alkyl halides is 21. The first-order chi connectivity index (χ1) is 16.1. The third-order valence-electron chi connectivity index (χ3n) is 4.41. The predicted octanol–water partition coefficient (Wildman–Crippen LogP) is 7.39. The Kier molecular flexibility index (Phi) is 8.61. The van der Waals surface area contributed by atoms with E-state index in [2.05, 4.69) is 4.74 Å². The van der Waals surface area contributed by atoms with E-state index in [-0.39, 0.29) is 0 Å². The quantitative estimate of drug-likeness (QED) is 0.137. The van der Waals surface area contributed by atoms with Gasteiger partial charge in [-0.1, -0.05) is 6.58 Å². The molecule has 0 N–H and O–H groups in total. The highest BCUT2D eigenvalue weighted by atomic mass is 19.4. The maximum atomic E-state index is 13.7. The Morgan fingerprint density at radius 2 is 0.737 bits per heavy atom. The van der Waals surface area contributed by atoms with Crippen LogP contribution in [-0.2, 0) is 9.53 Å². The molecule has 0 aromatic heterocycles. The van der Waals surface area contributed by atoms with Crippen molar-refractivity contribution in [1.82, 2.24) is 0 Å². The van der Waals surface area contributed by atoms with Crippen molar-refractivity contribution in [3.8, 4) is 0 Å². The van der Waals surface area contributed by atoms with Gasteiger partial charge in [0.15, 0.2) is 0 Å². The Morgan fingerprint density at radius 3 is 0.974 bits per heavy atom. The van der Waals surface area contributed by atoms with E-state index in [1.165, 1.54) is 0 Å². The molecule has 0 bridgehead atoms. The van der Waals surface area contributed by atoms with Crippen LogP contribution in [0.25, 0.3) is 0 Å². The molecular weight excluding hydrogens is 611 g/mol. The fourth-order valence-electron chi connectivity index (χ4n) is 2.09. The van der Waals surface area contributed by atoms with Gasteiger partial charge in [-0.15, -0.1) is 0 Å². The third kappa shape index (κ3) is 4.30. The van der Waals surface area contributed by atoms with E-state index >= 15 is 0 Å². The van der Waals surface area contributed by atoms with Crippen molar-refractivity contribution in [1.29, 1.82) is 0 Å². The van der Waals surface area contributed by atoms with Gasteiger partial charge in [-0.2, -0.15) is 92.2 Å². The number of rotatable bonds is 11. The first-order valence-corrected chi connectivity index (χ1v) is 8.48. The lowest BCUT2D eigenvalue weighted by Gasteiger charge is -2.44. The Hall–Kier alpha value is -2.26. The van der Waals surface area contributed by atoms with Crippen molar-refractivity contribution in [2.45, 2.75) is 66.4 Å². The number of carbonyl (C=O) groups is 1. The molecule has 0 unspecified atom stereocenters. The molecule has 0 atom stereocenters. The third-order valence-corrected chi connectivity index (χ3v) is 4.41. The van der Waals surface area contributed by atoms with E-state index < -0.39 is 77.6 Å². The Labute approximate surface area is 194 Å². The fraction of sp³-hybridized carbons (Fsp3) is 0.800. The van der Waals surface area contributed by atoms with E-state index in [0.717, 1.165) is 0 Å². The first-order valence-electron chi connectivity index (χ1n) is 8.48. The summed E-state index contributed by atoms with van der Waals surface area (Å²) in [6.07, 6.45) is -8.04. The SMILES string of the molecule is C=C(C(=O)OCC)C(F)(F)C(F)(F)C(F)(F)C(F)(F)C(F)(F)C(F)(F)C(F)(F)C(F)(F)C(F)(F)C(F)(F)F. The van der Waals surface area contributed by atoms with Crippen LogP contribution >= 0.6 is 0 Å². The molecule has 0 amide bonds. The van der Waals surface area contributed by atoms with Gasteiger partial charge >= 0.3 is 65.4 Å². The summed E-state index contributed by atoms with van der Waals surface area (Å²) >= 11 is 0. The minimum Gasteiger partial charge on any atom is -0.462 e. The van der Waals surface area contributed by atoms with Crippen LogP contribution in [0.15, 0.2) is 12.2 Å². The highest BCUT2D eigenvalue weighted by Gasteiger charge is 2.98. The molecule has 0 aliphatic heterocycles. The molecule has 23 heteroatoms. The molecule has 0 saturated carbocycles. The van der Waals surface area contributed by atoms with Crippen molar-refractivity contribution >= 4 is 5.97 Å². The number of esters is 1. The van der Waals surface area contributed by atoms with Gasteiger partial charge in [0, 0.05) is 0 Å². The molecule has 0 aromatic rings. The van der Waals surface area contributed by atoms with Gasteiger partial charge in [0.2, 0.25) is 0 Å². The van der Waals surface area contributed by atoms with Gasteiger partial charge in [0.05, 0.1) is 6.61 Å². The van der Waals surface area contributed by atoms with Crippen LogP contribution in [0.4, 0.5) is 92.2 Å². The molecule has 0 aliphatic carbocycles. The summed E-state index contributed by atoms with van der Waals surface area (Å²) in [4.78, 5) is 11.0. The molecule has 0 fully saturated rings. The average Bonchev–Trinajstić information content (AvgIpc) is 2.71. The summed E-state index contributed by atoms with van der Waals surface area (Å²) in [6, 6.07) is 0. The number of hydrogen-bond acceptors (Lipinski definition) is 2. The summed E-state index contributed by atoms with van der Waals surface area (Å²) in [5.74, 6) is -81.3. The monoisotopic (exact) mass is 618 g/mol. The molecule has 0 saturated heterocycles. The summed E-state index contributed by atoms with van der Waals surface area (Å²) < 4.78 is 281. The van der Waals surface area contributed by atoms with Crippen molar-refractivity contribution in [3.05, 3.63) is 12.2 Å². The Bertz CT molecular complexity index is 912. The molecule has 0 rings (SSSR count). The zero-order chi connectivity index (χ0) is 31.6. The van der Waals surface area contributed by atoms with Gasteiger partial charge in [0.1, 0.15) is 5.57 Å². The Balaban J connectivity index is 7.12. The molecule has 2 nitrogen and oxygen atoms in total. The number of carbonyl (C=O) groups excluding carboxylic acids is 1. The van der Waals surface area contributed by atoms with Gasteiger partial charge in [-0.05, 0) is 6.92 Å². The molecule has 0 spiro atoms. The fourth-order valence-corrected chi connectivity index (χ4v) is 2.09. The molecule has 0 aromatic carbocycles. The molecule has 0 aliphatic rings. The summed E-state index contributed by atoms with van der Waals surface area (Å²) in [5, 5.41) is 0. The van der Waals surface area contributed by atoms with Crippen LogP contribution < -0.4 is 0 Å². The summed E-state index contributed by atoms with van der Waals surface area (Å²) in [6.45, 7) is 1.36. The number of ether oxygens (including phenoxy) is 1.